The lowest BCUT2D eigenvalue weighted by Gasteiger charge is -2.09. The van der Waals surface area contributed by atoms with Crippen LogP contribution in [0.3, 0.4) is 0 Å². The van der Waals surface area contributed by atoms with Gasteiger partial charge in [0, 0.05) is 6.92 Å². The number of amides is 1. The summed E-state index contributed by atoms with van der Waals surface area (Å²) in [6.07, 6.45) is 0.0783. The van der Waals surface area contributed by atoms with Gasteiger partial charge in [-0.25, -0.2) is 5.43 Å². The van der Waals surface area contributed by atoms with Gasteiger partial charge in [-0.05, 0) is 29.3 Å². The van der Waals surface area contributed by atoms with Crippen molar-refractivity contribution >= 4 is 18.1 Å². The lowest BCUT2D eigenvalue weighted by Crippen LogP contribution is -2.25. The average molecular weight is 342 g/mol. The smallest absolute Gasteiger partial charge is 0.308 e. The van der Waals surface area contributed by atoms with E-state index in [9.17, 15) is 14.7 Å². The second-order valence-electron chi connectivity index (χ2n) is 5.05. The van der Waals surface area contributed by atoms with Crippen LogP contribution in [-0.2, 0) is 9.59 Å². The number of esters is 1. The van der Waals surface area contributed by atoms with Crippen LogP contribution < -0.4 is 14.9 Å². The number of hydrogen-bond acceptors (Lipinski definition) is 6. The minimum Gasteiger partial charge on any atom is -0.493 e. The number of nitrogens with one attached hydrogen (secondary N) is 1. The van der Waals surface area contributed by atoms with E-state index < -0.39 is 18.0 Å². The van der Waals surface area contributed by atoms with Gasteiger partial charge in [0.05, 0.1) is 13.3 Å². The van der Waals surface area contributed by atoms with Crippen molar-refractivity contribution in [3.8, 4) is 11.5 Å². The highest BCUT2D eigenvalue weighted by atomic mass is 16.6. The van der Waals surface area contributed by atoms with Crippen molar-refractivity contribution in [2.24, 2.45) is 5.10 Å². The van der Waals surface area contributed by atoms with Crippen molar-refractivity contribution in [2.75, 3.05) is 7.11 Å². The first-order valence-corrected chi connectivity index (χ1v) is 7.43. The Bertz CT molecular complexity index is 774. The summed E-state index contributed by atoms with van der Waals surface area (Å²) in [6, 6.07) is 13.3. The zero-order valence-electron chi connectivity index (χ0n) is 13.8. The van der Waals surface area contributed by atoms with Crippen LogP contribution in [0.25, 0.3) is 0 Å². The van der Waals surface area contributed by atoms with Crippen LogP contribution in [0.15, 0.2) is 53.6 Å². The van der Waals surface area contributed by atoms with E-state index in [-0.39, 0.29) is 5.75 Å². The molecule has 0 heterocycles. The molecule has 0 spiro atoms. The summed E-state index contributed by atoms with van der Waals surface area (Å²) in [5.74, 6) is -0.460. The molecule has 2 N–H and O–H groups in total. The Morgan fingerprint density at radius 2 is 1.88 bits per heavy atom. The van der Waals surface area contributed by atoms with Crippen LogP contribution >= 0.6 is 0 Å². The third-order valence-corrected chi connectivity index (χ3v) is 3.19. The van der Waals surface area contributed by atoms with E-state index in [4.69, 9.17) is 9.47 Å². The summed E-state index contributed by atoms with van der Waals surface area (Å²) in [7, 11) is 1.45. The molecule has 0 fully saturated rings. The quantitative estimate of drug-likeness (QED) is 0.361. The van der Waals surface area contributed by atoms with E-state index in [2.05, 4.69) is 10.5 Å². The summed E-state index contributed by atoms with van der Waals surface area (Å²) in [5.41, 5.74) is 3.36. The van der Waals surface area contributed by atoms with Crippen molar-refractivity contribution in [3.05, 3.63) is 59.7 Å². The Kier molecular flexibility index (Phi) is 6.25. The van der Waals surface area contributed by atoms with Crippen LogP contribution in [0, 0.1) is 0 Å². The number of carbonyl (C=O) groups excluding carboxylic acids is 2. The molecule has 0 radical (unpaired) electrons. The molecular weight excluding hydrogens is 324 g/mol. The maximum absolute atomic E-state index is 11.9. The van der Waals surface area contributed by atoms with Gasteiger partial charge in [0.2, 0.25) is 0 Å². The highest BCUT2D eigenvalue weighted by molar-refractivity contribution is 5.85. The van der Waals surface area contributed by atoms with Crippen molar-refractivity contribution in [1.82, 2.24) is 5.43 Å². The van der Waals surface area contributed by atoms with Gasteiger partial charge in [-0.2, -0.15) is 5.10 Å². The molecule has 0 aliphatic rings. The second kappa shape index (κ2) is 8.60. The van der Waals surface area contributed by atoms with Gasteiger partial charge in [-0.1, -0.05) is 30.3 Å². The lowest BCUT2D eigenvalue weighted by molar-refractivity contribution is -0.132. The first-order chi connectivity index (χ1) is 12.0. The number of rotatable bonds is 6. The molecular formula is C18H18N2O5. The Balaban J connectivity index is 2.02. The first kappa shape index (κ1) is 18.2. The number of benzene rings is 2. The maximum Gasteiger partial charge on any atom is 0.308 e. The van der Waals surface area contributed by atoms with Crippen LogP contribution in [0.5, 0.6) is 11.5 Å². The molecule has 2 aromatic rings. The van der Waals surface area contributed by atoms with Crippen LogP contribution in [0.2, 0.25) is 0 Å². The Hall–Kier alpha value is -3.19. The number of ether oxygens (including phenoxy) is 2. The molecule has 1 amide bonds. The highest BCUT2D eigenvalue weighted by Crippen LogP contribution is 2.27. The van der Waals surface area contributed by atoms with Gasteiger partial charge in [0.1, 0.15) is 0 Å². The fourth-order valence-electron chi connectivity index (χ4n) is 2.02. The predicted molar refractivity (Wildman–Crippen MR) is 91.4 cm³/mol. The first-order valence-electron chi connectivity index (χ1n) is 7.43. The summed E-state index contributed by atoms with van der Waals surface area (Å²) < 4.78 is 10.1. The van der Waals surface area contributed by atoms with E-state index >= 15 is 0 Å². The van der Waals surface area contributed by atoms with E-state index in [0.29, 0.717) is 16.9 Å². The zero-order chi connectivity index (χ0) is 18.2. The van der Waals surface area contributed by atoms with E-state index in [1.807, 2.05) is 0 Å². The number of aliphatic hydroxyl groups is 1. The van der Waals surface area contributed by atoms with Gasteiger partial charge in [-0.3, -0.25) is 9.59 Å². The van der Waals surface area contributed by atoms with E-state index in [1.165, 1.54) is 20.2 Å². The maximum atomic E-state index is 11.9. The third kappa shape index (κ3) is 5.15. The van der Waals surface area contributed by atoms with Crippen LogP contribution in [0.1, 0.15) is 24.2 Å². The molecule has 25 heavy (non-hydrogen) atoms. The number of carbonyl (C=O) groups is 2. The van der Waals surface area contributed by atoms with Crippen molar-refractivity contribution < 1.29 is 24.2 Å². The van der Waals surface area contributed by atoms with Gasteiger partial charge in [0.15, 0.2) is 17.6 Å². The third-order valence-electron chi connectivity index (χ3n) is 3.19. The van der Waals surface area contributed by atoms with Crippen molar-refractivity contribution in [2.45, 2.75) is 13.0 Å². The Morgan fingerprint density at radius 1 is 1.16 bits per heavy atom. The minimum absolute atomic E-state index is 0.288. The van der Waals surface area contributed by atoms with Crippen molar-refractivity contribution in [1.29, 1.82) is 0 Å². The molecule has 0 aliphatic heterocycles. The van der Waals surface area contributed by atoms with Crippen molar-refractivity contribution in [3.63, 3.8) is 0 Å². The normalized spacial score (nSPS) is 11.8. The predicted octanol–water partition coefficient (Wildman–Crippen LogP) is 1.80. The average Bonchev–Trinajstić information content (AvgIpc) is 2.62. The number of aliphatic hydroxyl groups excluding tert-OH is 1. The van der Waals surface area contributed by atoms with E-state index in [0.717, 1.165) is 0 Å². The fraction of sp³-hybridized carbons (Fsp3) is 0.167. The molecule has 2 aromatic carbocycles. The number of methoxy groups -OCH3 is 1. The standard InChI is InChI=1S/C18H18N2O5/c1-12(21)25-15-9-8-13(10-16(15)24-2)11-19-20-18(23)17(22)14-6-4-3-5-7-14/h3-11,17,22H,1-2H3,(H,20,23). The number of hydrazone groups is 1. The summed E-state index contributed by atoms with van der Waals surface area (Å²) in [6.45, 7) is 1.29. The summed E-state index contributed by atoms with van der Waals surface area (Å²) in [4.78, 5) is 22.9. The summed E-state index contributed by atoms with van der Waals surface area (Å²) >= 11 is 0. The Morgan fingerprint density at radius 3 is 2.52 bits per heavy atom. The molecule has 0 bridgehead atoms. The zero-order valence-corrected chi connectivity index (χ0v) is 13.8. The summed E-state index contributed by atoms with van der Waals surface area (Å²) in [5, 5.41) is 13.7. The Labute approximate surface area is 144 Å². The highest BCUT2D eigenvalue weighted by Gasteiger charge is 2.16. The SMILES string of the molecule is COc1cc(C=NNC(=O)C(O)c2ccccc2)ccc1OC(C)=O. The monoisotopic (exact) mass is 342 g/mol. The van der Waals surface area contributed by atoms with E-state index in [1.54, 1.807) is 48.5 Å². The van der Waals surface area contributed by atoms with Gasteiger partial charge in [-0.15, -0.1) is 0 Å². The van der Waals surface area contributed by atoms with Gasteiger partial charge in [0.25, 0.3) is 5.91 Å². The van der Waals surface area contributed by atoms with Gasteiger partial charge < -0.3 is 14.6 Å². The topological polar surface area (TPSA) is 97.2 Å². The molecule has 7 nitrogen and oxygen atoms in total. The fourth-order valence-corrected chi connectivity index (χ4v) is 2.02. The van der Waals surface area contributed by atoms with Crippen LogP contribution in [-0.4, -0.2) is 30.3 Å². The molecule has 0 saturated carbocycles. The molecule has 130 valence electrons. The molecule has 7 heteroatoms. The number of hydrogen-bond donors (Lipinski definition) is 2. The largest absolute Gasteiger partial charge is 0.493 e. The molecule has 2 rings (SSSR count). The number of nitrogens with zero attached hydrogens (tertiary/aromatic N) is 1. The minimum atomic E-state index is -1.31. The molecule has 1 atom stereocenters. The molecule has 0 aliphatic carbocycles. The molecule has 0 saturated heterocycles. The molecule has 1 unspecified atom stereocenters. The van der Waals surface area contributed by atoms with Gasteiger partial charge >= 0.3 is 5.97 Å². The van der Waals surface area contributed by atoms with Crippen LogP contribution in [0.4, 0.5) is 0 Å². The lowest BCUT2D eigenvalue weighted by atomic mass is 10.1. The molecule has 0 aromatic heterocycles. The second-order valence-corrected chi connectivity index (χ2v) is 5.05.